The van der Waals surface area contributed by atoms with Gasteiger partial charge in [-0.25, -0.2) is 0 Å². The fourth-order valence-electron chi connectivity index (χ4n) is 2.86. The fourth-order valence-corrected chi connectivity index (χ4v) is 2.86. The number of anilines is 1. The van der Waals surface area contributed by atoms with Gasteiger partial charge in [-0.1, -0.05) is 18.2 Å². The van der Waals surface area contributed by atoms with Crippen molar-refractivity contribution in [3.8, 4) is 0 Å². The van der Waals surface area contributed by atoms with E-state index in [-0.39, 0.29) is 11.9 Å². The number of rotatable bonds is 1. The molecular formula is C15H17N3O. The zero-order chi connectivity index (χ0) is 13.6. The number of aromatic nitrogens is 2. The van der Waals surface area contributed by atoms with Gasteiger partial charge >= 0.3 is 0 Å². The number of aromatic amines is 1. The first-order valence-electron chi connectivity index (χ1n) is 6.52. The van der Waals surface area contributed by atoms with Gasteiger partial charge in [0.25, 0.3) is 5.91 Å². The Labute approximate surface area is 112 Å². The van der Waals surface area contributed by atoms with Crippen LogP contribution in [0.3, 0.4) is 0 Å². The van der Waals surface area contributed by atoms with Crippen molar-refractivity contribution in [2.45, 2.75) is 33.2 Å². The van der Waals surface area contributed by atoms with Crippen LogP contribution in [0.15, 0.2) is 24.3 Å². The number of nitrogens with zero attached hydrogens (tertiary/aromatic N) is 2. The molecule has 1 aromatic carbocycles. The van der Waals surface area contributed by atoms with Crippen molar-refractivity contribution in [1.82, 2.24) is 10.2 Å². The number of amides is 1. The fraction of sp³-hybridized carbons (Fsp3) is 0.333. The van der Waals surface area contributed by atoms with Crippen molar-refractivity contribution < 1.29 is 4.79 Å². The maximum Gasteiger partial charge on any atom is 0.262 e. The van der Waals surface area contributed by atoms with Crippen molar-refractivity contribution in [2.24, 2.45) is 0 Å². The predicted molar refractivity (Wildman–Crippen MR) is 74.5 cm³/mol. The lowest BCUT2D eigenvalue weighted by Gasteiger charge is -2.22. The smallest absolute Gasteiger partial charge is 0.262 e. The minimum Gasteiger partial charge on any atom is -0.305 e. The number of H-pyrrole nitrogens is 1. The first-order valence-corrected chi connectivity index (χ1v) is 6.52. The van der Waals surface area contributed by atoms with E-state index < -0.39 is 0 Å². The van der Waals surface area contributed by atoms with Gasteiger partial charge in [0.2, 0.25) is 0 Å². The summed E-state index contributed by atoms with van der Waals surface area (Å²) in [5, 5.41) is 7.00. The summed E-state index contributed by atoms with van der Waals surface area (Å²) >= 11 is 0. The van der Waals surface area contributed by atoms with Crippen LogP contribution in [-0.4, -0.2) is 22.1 Å². The maximum absolute atomic E-state index is 12.8. The van der Waals surface area contributed by atoms with Crippen molar-refractivity contribution >= 4 is 11.6 Å². The van der Waals surface area contributed by atoms with Crippen molar-refractivity contribution in [3.63, 3.8) is 0 Å². The first kappa shape index (κ1) is 12.0. The number of para-hydroxylation sites is 1. The molecule has 4 heteroatoms. The summed E-state index contributed by atoms with van der Waals surface area (Å²) in [6, 6.07) is 8.30. The Morgan fingerprint density at radius 2 is 2.11 bits per heavy atom. The van der Waals surface area contributed by atoms with E-state index in [0.717, 1.165) is 23.5 Å². The molecule has 1 aliphatic heterocycles. The van der Waals surface area contributed by atoms with Crippen LogP contribution in [0.4, 0.5) is 5.69 Å². The summed E-state index contributed by atoms with van der Waals surface area (Å²) in [4.78, 5) is 14.7. The lowest BCUT2D eigenvalue weighted by Crippen LogP contribution is -2.36. The molecule has 1 N–H and O–H groups in total. The van der Waals surface area contributed by atoms with Gasteiger partial charge in [-0.2, -0.15) is 5.10 Å². The summed E-state index contributed by atoms with van der Waals surface area (Å²) in [5.74, 6) is 0.0428. The Kier molecular flexibility index (Phi) is 2.66. The van der Waals surface area contributed by atoms with E-state index in [9.17, 15) is 4.79 Å². The Morgan fingerprint density at radius 1 is 1.37 bits per heavy atom. The van der Waals surface area contributed by atoms with Crippen LogP contribution in [0, 0.1) is 13.8 Å². The second-order valence-corrected chi connectivity index (χ2v) is 5.17. The Morgan fingerprint density at radius 3 is 2.79 bits per heavy atom. The Balaban J connectivity index is 2.06. The summed E-state index contributed by atoms with van der Waals surface area (Å²) < 4.78 is 0. The minimum absolute atomic E-state index is 0.0428. The van der Waals surface area contributed by atoms with Crippen LogP contribution in [0.5, 0.6) is 0 Å². The number of fused-ring (bicyclic) bond motifs is 1. The van der Waals surface area contributed by atoms with Crippen molar-refractivity contribution in [3.05, 3.63) is 46.8 Å². The Bertz CT molecular complexity index is 625. The van der Waals surface area contributed by atoms with Gasteiger partial charge in [-0.3, -0.25) is 9.89 Å². The average Bonchev–Trinajstić information content (AvgIpc) is 2.88. The summed E-state index contributed by atoms with van der Waals surface area (Å²) in [7, 11) is 0. The molecular weight excluding hydrogens is 238 g/mol. The molecule has 1 aromatic heterocycles. The van der Waals surface area contributed by atoms with E-state index in [1.54, 1.807) is 0 Å². The number of carbonyl (C=O) groups excluding carboxylic acids is 1. The topological polar surface area (TPSA) is 49.0 Å². The van der Waals surface area contributed by atoms with Gasteiger partial charge in [-0.15, -0.1) is 0 Å². The second kappa shape index (κ2) is 4.23. The predicted octanol–water partition coefficient (Wildman–Crippen LogP) is 2.62. The van der Waals surface area contributed by atoms with E-state index in [4.69, 9.17) is 0 Å². The Hall–Kier alpha value is -2.10. The van der Waals surface area contributed by atoms with Gasteiger partial charge in [0.1, 0.15) is 0 Å². The van der Waals surface area contributed by atoms with Crippen LogP contribution in [0.25, 0.3) is 0 Å². The van der Waals surface area contributed by atoms with Gasteiger partial charge in [0.15, 0.2) is 0 Å². The molecule has 0 saturated heterocycles. The quantitative estimate of drug-likeness (QED) is 0.851. The second-order valence-electron chi connectivity index (χ2n) is 5.17. The van der Waals surface area contributed by atoms with Gasteiger partial charge in [-0.05, 0) is 38.8 Å². The molecule has 19 heavy (non-hydrogen) atoms. The monoisotopic (exact) mass is 255 g/mol. The zero-order valence-electron chi connectivity index (χ0n) is 11.4. The third-order valence-corrected chi connectivity index (χ3v) is 3.77. The lowest BCUT2D eigenvalue weighted by atomic mass is 10.1. The van der Waals surface area contributed by atoms with Crippen LogP contribution in [0.1, 0.15) is 34.2 Å². The highest BCUT2D eigenvalue weighted by Gasteiger charge is 2.33. The highest BCUT2D eigenvalue weighted by molar-refractivity contribution is 6.09. The molecule has 1 unspecified atom stereocenters. The maximum atomic E-state index is 12.8. The van der Waals surface area contributed by atoms with Gasteiger partial charge in [0.05, 0.1) is 11.3 Å². The molecule has 98 valence electrons. The number of hydrogen-bond acceptors (Lipinski definition) is 2. The van der Waals surface area contributed by atoms with Crippen molar-refractivity contribution in [1.29, 1.82) is 0 Å². The number of carbonyl (C=O) groups is 1. The molecule has 1 aliphatic rings. The molecule has 0 bridgehead atoms. The molecule has 0 radical (unpaired) electrons. The van der Waals surface area contributed by atoms with E-state index >= 15 is 0 Å². The normalized spacial score (nSPS) is 17.6. The van der Waals surface area contributed by atoms with Crippen LogP contribution in [0.2, 0.25) is 0 Å². The number of benzene rings is 1. The molecule has 0 saturated carbocycles. The van der Waals surface area contributed by atoms with Crippen molar-refractivity contribution in [2.75, 3.05) is 4.90 Å². The van der Waals surface area contributed by atoms with E-state index in [2.05, 4.69) is 23.2 Å². The molecule has 0 fully saturated rings. The van der Waals surface area contributed by atoms with Crippen LogP contribution >= 0.6 is 0 Å². The van der Waals surface area contributed by atoms with Crippen LogP contribution < -0.4 is 4.90 Å². The number of aryl methyl sites for hydroxylation is 2. The molecule has 2 heterocycles. The average molecular weight is 255 g/mol. The zero-order valence-corrected chi connectivity index (χ0v) is 11.4. The van der Waals surface area contributed by atoms with E-state index in [0.29, 0.717) is 5.56 Å². The largest absolute Gasteiger partial charge is 0.305 e. The molecule has 2 aromatic rings. The minimum atomic E-state index is 0.0428. The summed E-state index contributed by atoms with van der Waals surface area (Å²) in [6.07, 6.45) is 0.915. The molecule has 0 aliphatic carbocycles. The SMILES string of the molecule is Cc1n[nH]c(C)c1C(=O)N1c2ccccc2CC1C. The third kappa shape index (κ3) is 1.75. The highest BCUT2D eigenvalue weighted by Crippen LogP contribution is 2.33. The van der Waals surface area contributed by atoms with Gasteiger partial charge < -0.3 is 4.90 Å². The van der Waals surface area contributed by atoms with Crippen LogP contribution in [-0.2, 0) is 6.42 Å². The molecule has 3 rings (SSSR count). The standard InChI is InChI=1S/C15H17N3O/c1-9-8-12-6-4-5-7-13(12)18(9)15(19)14-10(2)16-17-11(14)3/h4-7,9H,8H2,1-3H3,(H,16,17). The molecule has 1 atom stereocenters. The lowest BCUT2D eigenvalue weighted by molar-refractivity contribution is 0.0980. The molecule has 4 nitrogen and oxygen atoms in total. The molecule has 1 amide bonds. The molecule has 0 spiro atoms. The number of hydrogen-bond donors (Lipinski definition) is 1. The van der Waals surface area contributed by atoms with E-state index in [1.807, 2.05) is 36.9 Å². The summed E-state index contributed by atoms with van der Waals surface area (Å²) in [6.45, 7) is 5.84. The summed E-state index contributed by atoms with van der Waals surface area (Å²) in [5.41, 5.74) is 4.56. The highest BCUT2D eigenvalue weighted by atomic mass is 16.2. The third-order valence-electron chi connectivity index (χ3n) is 3.77. The first-order chi connectivity index (χ1) is 9.09. The van der Waals surface area contributed by atoms with E-state index in [1.165, 1.54) is 5.56 Å². The number of nitrogens with one attached hydrogen (secondary N) is 1. The van der Waals surface area contributed by atoms with Gasteiger partial charge in [0, 0.05) is 17.4 Å².